The van der Waals surface area contributed by atoms with Gasteiger partial charge in [-0.15, -0.1) is 0 Å². The number of nitrogens with zero attached hydrogens (tertiary/aromatic N) is 2. The van der Waals surface area contributed by atoms with Gasteiger partial charge in [0.2, 0.25) is 5.91 Å². The average Bonchev–Trinajstić information content (AvgIpc) is 2.76. The molecule has 0 radical (unpaired) electrons. The SMILES string of the molecule is O=C(Nc1ccc2c(c1)N(CC(=O)N1CCCCC1)C(=O)CO2)c1c(F)cccc1Cl. The first-order valence-corrected chi connectivity index (χ1v) is 10.4. The van der Waals surface area contributed by atoms with Gasteiger partial charge in [-0.2, -0.15) is 0 Å². The van der Waals surface area contributed by atoms with Crippen LogP contribution in [0.1, 0.15) is 29.6 Å². The van der Waals surface area contributed by atoms with Crippen molar-refractivity contribution >= 4 is 40.7 Å². The van der Waals surface area contributed by atoms with Crippen molar-refractivity contribution < 1.29 is 23.5 Å². The van der Waals surface area contributed by atoms with Gasteiger partial charge in [-0.3, -0.25) is 19.3 Å². The van der Waals surface area contributed by atoms with Crippen LogP contribution in [0.5, 0.6) is 5.75 Å². The molecule has 0 unspecified atom stereocenters. The van der Waals surface area contributed by atoms with E-state index in [4.69, 9.17) is 16.3 Å². The lowest BCUT2D eigenvalue weighted by Gasteiger charge is -2.33. The molecule has 7 nitrogen and oxygen atoms in total. The molecule has 0 bridgehead atoms. The third-order valence-electron chi connectivity index (χ3n) is 5.35. The molecule has 0 atom stereocenters. The molecule has 2 aliphatic heterocycles. The molecule has 9 heteroatoms. The van der Waals surface area contributed by atoms with E-state index in [0.717, 1.165) is 25.3 Å². The number of carbonyl (C=O) groups excluding carboxylic acids is 3. The highest BCUT2D eigenvalue weighted by molar-refractivity contribution is 6.34. The molecule has 1 fully saturated rings. The Hall–Kier alpha value is -3.13. The zero-order chi connectivity index (χ0) is 22.0. The fourth-order valence-electron chi connectivity index (χ4n) is 3.74. The second-order valence-corrected chi connectivity index (χ2v) is 7.85. The van der Waals surface area contributed by atoms with Gasteiger partial charge in [0.1, 0.15) is 18.1 Å². The van der Waals surface area contributed by atoms with Crippen LogP contribution in [0.4, 0.5) is 15.8 Å². The fraction of sp³-hybridized carbons (Fsp3) is 0.318. The molecule has 4 rings (SSSR count). The molecule has 162 valence electrons. The van der Waals surface area contributed by atoms with E-state index in [1.165, 1.54) is 23.1 Å². The third kappa shape index (κ3) is 4.49. The van der Waals surface area contributed by atoms with Gasteiger partial charge in [0.15, 0.2) is 6.61 Å². The van der Waals surface area contributed by atoms with Gasteiger partial charge in [-0.25, -0.2) is 4.39 Å². The minimum atomic E-state index is -0.741. The Kier molecular flexibility index (Phi) is 6.08. The van der Waals surface area contributed by atoms with E-state index in [2.05, 4.69) is 5.32 Å². The van der Waals surface area contributed by atoms with Crippen LogP contribution in [0.25, 0.3) is 0 Å². The Bertz CT molecular complexity index is 1020. The lowest BCUT2D eigenvalue weighted by Crippen LogP contribution is -2.47. The smallest absolute Gasteiger partial charge is 0.265 e. The van der Waals surface area contributed by atoms with E-state index in [0.29, 0.717) is 30.2 Å². The second kappa shape index (κ2) is 8.93. The van der Waals surface area contributed by atoms with Gasteiger partial charge in [0, 0.05) is 18.8 Å². The Morgan fingerprint density at radius 3 is 2.65 bits per heavy atom. The zero-order valence-corrected chi connectivity index (χ0v) is 17.5. The highest BCUT2D eigenvalue weighted by Gasteiger charge is 2.30. The molecule has 2 aliphatic rings. The maximum atomic E-state index is 14.1. The standard InChI is InChI=1S/C22H21ClFN3O4/c23-15-5-4-6-16(24)21(15)22(30)25-14-7-8-18-17(11-14)27(20(29)13-31-18)12-19(28)26-9-2-1-3-10-26/h4-8,11H,1-3,9-10,12-13H2,(H,25,30). The average molecular weight is 446 g/mol. The number of halogens is 2. The first-order chi connectivity index (χ1) is 14.9. The largest absolute Gasteiger partial charge is 0.482 e. The third-order valence-corrected chi connectivity index (χ3v) is 5.67. The molecule has 0 spiro atoms. The maximum Gasteiger partial charge on any atom is 0.265 e. The van der Waals surface area contributed by atoms with E-state index in [1.807, 2.05) is 0 Å². The Morgan fingerprint density at radius 2 is 1.90 bits per heavy atom. The van der Waals surface area contributed by atoms with Crippen molar-refractivity contribution in [2.45, 2.75) is 19.3 Å². The number of piperidine rings is 1. The number of benzene rings is 2. The molecule has 2 aromatic carbocycles. The molecule has 2 heterocycles. The van der Waals surface area contributed by atoms with Gasteiger partial charge >= 0.3 is 0 Å². The van der Waals surface area contributed by atoms with E-state index in [9.17, 15) is 18.8 Å². The van der Waals surface area contributed by atoms with Crippen molar-refractivity contribution in [2.75, 3.05) is 36.5 Å². The monoisotopic (exact) mass is 445 g/mol. The van der Waals surface area contributed by atoms with Gasteiger partial charge in [0.05, 0.1) is 16.3 Å². The number of hydrogen-bond donors (Lipinski definition) is 1. The summed E-state index contributed by atoms with van der Waals surface area (Å²) in [6.45, 7) is 1.09. The lowest BCUT2D eigenvalue weighted by atomic mass is 10.1. The Labute approximate surface area is 183 Å². The van der Waals surface area contributed by atoms with Crippen LogP contribution in [0.2, 0.25) is 5.02 Å². The van der Waals surface area contributed by atoms with Gasteiger partial charge in [-0.05, 0) is 49.6 Å². The van der Waals surface area contributed by atoms with E-state index in [-0.39, 0.29) is 35.6 Å². The summed E-state index contributed by atoms with van der Waals surface area (Å²) in [6.07, 6.45) is 3.00. The molecule has 0 aliphatic carbocycles. The summed E-state index contributed by atoms with van der Waals surface area (Å²) in [7, 11) is 0. The number of hydrogen-bond acceptors (Lipinski definition) is 4. The molecular formula is C22H21ClFN3O4. The fourth-order valence-corrected chi connectivity index (χ4v) is 3.99. The molecule has 0 aromatic heterocycles. The number of ether oxygens (including phenoxy) is 1. The predicted octanol–water partition coefficient (Wildman–Crippen LogP) is 3.47. The molecular weight excluding hydrogens is 425 g/mol. The number of fused-ring (bicyclic) bond motifs is 1. The van der Waals surface area contributed by atoms with Crippen molar-refractivity contribution in [1.82, 2.24) is 4.90 Å². The quantitative estimate of drug-likeness (QED) is 0.781. The predicted molar refractivity (Wildman–Crippen MR) is 114 cm³/mol. The topological polar surface area (TPSA) is 79.0 Å². The summed E-state index contributed by atoms with van der Waals surface area (Å²) >= 11 is 5.96. The van der Waals surface area contributed by atoms with Gasteiger partial charge < -0.3 is 15.0 Å². The molecule has 1 saturated heterocycles. The zero-order valence-electron chi connectivity index (χ0n) is 16.7. The van der Waals surface area contributed by atoms with E-state index < -0.39 is 11.7 Å². The van der Waals surface area contributed by atoms with Crippen LogP contribution in [0.15, 0.2) is 36.4 Å². The van der Waals surface area contributed by atoms with Crippen LogP contribution in [0, 0.1) is 5.82 Å². The van der Waals surface area contributed by atoms with Crippen LogP contribution >= 0.6 is 11.6 Å². The van der Waals surface area contributed by atoms with Crippen molar-refractivity contribution in [1.29, 1.82) is 0 Å². The van der Waals surface area contributed by atoms with Gasteiger partial charge in [-0.1, -0.05) is 17.7 Å². The normalized spacial score (nSPS) is 15.9. The second-order valence-electron chi connectivity index (χ2n) is 7.44. The summed E-state index contributed by atoms with van der Waals surface area (Å²) in [5.41, 5.74) is 0.419. The minimum absolute atomic E-state index is 0.0114. The molecule has 31 heavy (non-hydrogen) atoms. The highest BCUT2D eigenvalue weighted by atomic mass is 35.5. The Balaban J connectivity index is 1.56. The van der Waals surface area contributed by atoms with E-state index in [1.54, 1.807) is 17.0 Å². The van der Waals surface area contributed by atoms with Crippen molar-refractivity contribution in [3.8, 4) is 5.75 Å². The molecule has 3 amide bonds. The molecule has 0 saturated carbocycles. The molecule has 1 N–H and O–H groups in total. The van der Waals surface area contributed by atoms with Crippen molar-refractivity contribution in [3.63, 3.8) is 0 Å². The van der Waals surface area contributed by atoms with Gasteiger partial charge in [0.25, 0.3) is 11.8 Å². The Morgan fingerprint density at radius 1 is 1.13 bits per heavy atom. The minimum Gasteiger partial charge on any atom is -0.482 e. The van der Waals surface area contributed by atoms with Crippen LogP contribution in [-0.2, 0) is 9.59 Å². The molecule has 2 aromatic rings. The number of rotatable bonds is 4. The number of nitrogens with one attached hydrogen (secondary N) is 1. The number of anilines is 2. The summed E-state index contributed by atoms with van der Waals surface area (Å²) in [5, 5.41) is 2.58. The number of amides is 3. The summed E-state index contributed by atoms with van der Waals surface area (Å²) < 4.78 is 19.5. The first-order valence-electron chi connectivity index (χ1n) is 10.0. The van der Waals surface area contributed by atoms with Crippen molar-refractivity contribution in [3.05, 3.63) is 52.8 Å². The summed E-state index contributed by atoms with van der Waals surface area (Å²) in [5.74, 6) is -1.52. The van der Waals surface area contributed by atoms with Crippen LogP contribution in [-0.4, -0.2) is 48.9 Å². The van der Waals surface area contributed by atoms with Crippen molar-refractivity contribution in [2.24, 2.45) is 0 Å². The summed E-state index contributed by atoms with van der Waals surface area (Å²) in [4.78, 5) is 40.9. The maximum absolute atomic E-state index is 14.1. The van der Waals surface area contributed by atoms with Crippen LogP contribution < -0.4 is 15.0 Å². The highest BCUT2D eigenvalue weighted by Crippen LogP contribution is 2.35. The lowest BCUT2D eigenvalue weighted by molar-refractivity contribution is -0.132. The first kappa shape index (κ1) is 21.1. The van der Waals surface area contributed by atoms with E-state index >= 15 is 0 Å². The number of likely N-dealkylation sites (tertiary alicyclic amines) is 1. The number of carbonyl (C=O) groups is 3. The summed E-state index contributed by atoms with van der Waals surface area (Å²) in [6, 6.07) is 8.68. The van der Waals surface area contributed by atoms with Crippen LogP contribution in [0.3, 0.4) is 0 Å².